The standard InChI is InChI=1S/C10H13NO/c1-2-7-5-8-3-4-12-10(8)9(11)6-7/h5-6H,2-4,11H2,1H3. The molecular weight excluding hydrogens is 150 g/mol. The normalized spacial score (nSPS) is 14.1. The Balaban J connectivity index is 2.51. The lowest BCUT2D eigenvalue weighted by Crippen LogP contribution is -1.93. The van der Waals surface area contributed by atoms with E-state index in [1.807, 2.05) is 6.07 Å². The van der Waals surface area contributed by atoms with E-state index in [0.29, 0.717) is 0 Å². The lowest BCUT2D eigenvalue weighted by molar-refractivity contribution is 0.358. The number of hydrogen-bond donors (Lipinski definition) is 1. The Kier molecular flexibility index (Phi) is 1.68. The fourth-order valence-electron chi connectivity index (χ4n) is 1.61. The fraction of sp³-hybridized carbons (Fsp3) is 0.400. The Morgan fingerprint density at radius 1 is 1.50 bits per heavy atom. The van der Waals surface area contributed by atoms with Gasteiger partial charge in [-0.25, -0.2) is 0 Å². The topological polar surface area (TPSA) is 35.2 Å². The van der Waals surface area contributed by atoms with Crippen molar-refractivity contribution in [3.05, 3.63) is 23.3 Å². The molecule has 0 aliphatic carbocycles. The summed E-state index contributed by atoms with van der Waals surface area (Å²) in [7, 11) is 0. The van der Waals surface area contributed by atoms with Gasteiger partial charge in [-0.3, -0.25) is 0 Å². The highest BCUT2D eigenvalue weighted by Gasteiger charge is 2.15. The first kappa shape index (κ1) is 7.47. The van der Waals surface area contributed by atoms with E-state index in [4.69, 9.17) is 10.5 Å². The number of aryl methyl sites for hydroxylation is 1. The molecule has 2 rings (SSSR count). The van der Waals surface area contributed by atoms with E-state index in [-0.39, 0.29) is 0 Å². The summed E-state index contributed by atoms with van der Waals surface area (Å²) < 4.78 is 5.40. The van der Waals surface area contributed by atoms with Crippen LogP contribution in [0.5, 0.6) is 5.75 Å². The maximum absolute atomic E-state index is 5.82. The van der Waals surface area contributed by atoms with Gasteiger partial charge in [0.05, 0.1) is 12.3 Å². The van der Waals surface area contributed by atoms with E-state index < -0.39 is 0 Å². The van der Waals surface area contributed by atoms with Crippen LogP contribution in [0.4, 0.5) is 5.69 Å². The zero-order valence-electron chi connectivity index (χ0n) is 7.26. The molecule has 0 fully saturated rings. The van der Waals surface area contributed by atoms with E-state index >= 15 is 0 Å². The minimum Gasteiger partial charge on any atom is -0.491 e. The van der Waals surface area contributed by atoms with Gasteiger partial charge in [-0.05, 0) is 23.6 Å². The third-order valence-electron chi connectivity index (χ3n) is 2.28. The molecule has 1 heterocycles. The summed E-state index contributed by atoms with van der Waals surface area (Å²) in [6.07, 6.45) is 2.05. The molecule has 2 heteroatoms. The summed E-state index contributed by atoms with van der Waals surface area (Å²) in [6.45, 7) is 2.92. The monoisotopic (exact) mass is 163 g/mol. The zero-order valence-corrected chi connectivity index (χ0v) is 7.26. The van der Waals surface area contributed by atoms with Crippen molar-refractivity contribution in [3.63, 3.8) is 0 Å². The molecule has 2 N–H and O–H groups in total. The maximum Gasteiger partial charge on any atom is 0.145 e. The molecule has 0 bridgehead atoms. The van der Waals surface area contributed by atoms with Crippen LogP contribution < -0.4 is 10.5 Å². The van der Waals surface area contributed by atoms with Gasteiger partial charge in [-0.1, -0.05) is 13.0 Å². The van der Waals surface area contributed by atoms with E-state index in [1.54, 1.807) is 0 Å². The van der Waals surface area contributed by atoms with Gasteiger partial charge < -0.3 is 10.5 Å². The minimum atomic E-state index is 0.784. The summed E-state index contributed by atoms with van der Waals surface area (Å²) in [6, 6.07) is 4.20. The van der Waals surface area contributed by atoms with E-state index in [9.17, 15) is 0 Å². The van der Waals surface area contributed by atoms with Crippen molar-refractivity contribution in [1.29, 1.82) is 0 Å². The van der Waals surface area contributed by atoms with Crippen molar-refractivity contribution < 1.29 is 4.74 Å². The molecule has 1 aromatic rings. The second-order valence-corrected chi connectivity index (χ2v) is 3.13. The third kappa shape index (κ3) is 1.04. The van der Waals surface area contributed by atoms with Crippen LogP contribution in [0.1, 0.15) is 18.1 Å². The predicted molar refractivity (Wildman–Crippen MR) is 49.4 cm³/mol. The highest BCUT2D eigenvalue weighted by atomic mass is 16.5. The van der Waals surface area contributed by atoms with Crippen LogP contribution in [-0.4, -0.2) is 6.61 Å². The molecule has 64 valence electrons. The van der Waals surface area contributed by atoms with E-state index in [2.05, 4.69) is 13.0 Å². The van der Waals surface area contributed by atoms with Crippen molar-refractivity contribution in [1.82, 2.24) is 0 Å². The molecule has 0 spiro atoms. The molecule has 2 nitrogen and oxygen atoms in total. The molecule has 0 atom stereocenters. The van der Waals surface area contributed by atoms with Gasteiger partial charge in [0.1, 0.15) is 5.75 Å². The fourth-order valence-corrected chi connectivity index (χ4v) is 1.61. The van der Waals surface area contributed by atoms with Gasteiger partial charge >= 0.3 is 0 Å². The van der Waals surface area contributed by atoms with Crippen LogP contribution >= 0.6 is 0 Å². The number of nitrogen functional groups attached to an aromatic ring is 1. The number of fused-ring (bicyclic) bond motifs is 1. The van der Waals surface area contributed by atoms with Crippen LogP contribution in [0.3, 0.4) is 0 Å². The molecule has 0 amide bonds. The van der Waals surface area contributed by atoms with Crippen molar-refractivity contribution >= 4 is 5.69 Å². The smallest absolute Gasteiger partial charge is 0.145 e. The Morgan fingerprint density at radius 2 is 2.33 bits per heavy atom. The highest BCUT2D eigenvalue weighted by Crippen LogP contribution is 2.32. The summed E-state index contributed by atoms with van der Waals surface area (Å²) in [5, 5.41) is 0. The number of anilines is 1. The van der Waals surface area contributed by atoms with Gasteiger partial charge in [0, 0.05) is 6.42 Å². The molecule has 0 unspecified atom stereocenters. The van der Waals surface area contributed by atoms with Gasteiger partial charge in [0.2, 0.25) is 0 Å². The molecule has 0 radical (unpaired) electrons. The van der Waals surface area contributed by atoms with Crippen molar-refractivity contribution in [2.45, 2.75) is 19.8 Å². The lowest BCUT2D eigenvalue weighted by Gasteiger charge is -2.05. The second-order valence-electron chi connectivity index (χ2n) is 3.13. The first-order chi connectivity index (χ1) is 5.81. The highest BCUT2D eigenvalue weighted by molar-refractivity contribution is 5.60. The Labute approximate surface area is 72.3 Å². The van der Waals surface area contributed by atoms with Crippen molar-refractivity contribution in [2.75, 3.05) is 12.3 Å². The second kappa shape index (κ2) is 2.70. The van der Waals surface area contributed by atoms with Crippen LogP contribution in [-0.2, 0) is 12.8 Å². The van der Waals surface area contributed by atoms with Gasteiger partial charge in [-0.2, -0.15) is 0 Å². The van der Waals surface area contributed by atoms with Gasteiger partial charge in [-0.15, -0.1) is 0 Å². The molecule has 12 heavy (non-hydrogen) atoms. The lowest BCUT2D eigenvalue weighted by atomic mass is 10.1. The van der Waals surface area contributed by atoms with Crippen LogP contribution in [0.15, 0.2) is 12.1 Å². The van der Waals surface area contributed by atoms with Crippen molar-refractivity contribution in [3.8, 4) is 5.75 Å². The number of benzene rings is 1. The molecule has 0 saturated carbocycles. The predicted octanol–water partition coefficient (Wildman–Crippen LogP) is 1.77. The molecular formula is C10H13NO. The van der Waals surface area contributed by atoms with Crippen LogP contribution in [0.2, 0.25) is 0 Å². The van der Waals surface area contributed by atoms with Gasteiger partial charge in [0.15, 0.2) is 0 Å². The molecule has 1 aromatic carbocycles. The number of nitrogens with two attached hydrogens (primary N) is 1. The summed E-state index contributed by atoms with van der Waals surface area (Å²) in [5.74, 6) is 0.909. The largest absolute Gasteiger partial charge is 0.491 e. The summed E-state index contributed by atoms with van der Waals surface area (Å²) in [4.78, 5) is 0. The van der Waals surface area contributed by atoms with E-state index in [0.717, 1.165) is 30.9 Å². The Morgan fingerprint density at radius 3 is 3.08 bits per heavy atom. The summed E-state index contributed by atoms with van der Waals surface area (Å²) in [5.41, 5.74) is 9.19. The first-order valence-electron chi connectivity index (χ1n) is 4.35. The molecule has 0 saturated heterocycles. The average Bonchev–Trinajstić information content (AvgIpc) is 2.52. The minimum absolute atomic E-state index is 0.784. The first-order valence-corrected chi connectivity index (χ1v) is 4.35. The number of rotatable bonds is 1. The van der Waals surface area contributed by atoms with Crippen LogP contribution in [0, 0.1) is 0 Å². The van der Waals surface area contributed by atoms with E-state index in [1.165, 1.54) is 11.1 Å². The molecule has 1 aliphatic heterocycles. The van der Waals surface area contributed by atoms with Crippen molar-refractivity contribution in [2.24, 2.45) is 0 Å². The van der Waals surface area contributed by atoms with Crippen LogP contribution in [0.25, 0.3) is 0 Å². The zero-order chi connectivity index (χ0) is 8.55. The maximum atomic E-state index is 5.82. The summed E-state index contributed by atoms with van der Waals surface area (Å²) >= 11 is 0. The number of ether oxygens (including phenoxy) is 1. The SMILES string of the molecule is CCc1cc(N)c2c(c1)CCO2. The molecule has 1 aliphatic rings. The third-order valence-corrected chi connectivity index (χ3v) is 2.28. The molecule has 0 aromatic heterocycles. The van der Waals surface area contributed by atoms with Gasteiger partial charge in [0.25, 0.3) is 0 Å². The average molecular weight is 163 g/mol. The Hall–Kier alpha value is -1.18. The number of hydrogen-bond acceptors (Lipinski definition) is 2. The quantitative estimate of drug-likeness (QED) is 0.640. The Bertz CT molecular complexity index is 307.